The van der Waals surface area contributed by atoms with Crippen LogP contribution in [0.15, 0.2) is 29.2 Å². The average molecular weight is 363 g/mol. The predicted molar refractivity (Wildman–Crippen MR) is 96.1 cm³/mol. The number of rotatable bonds is 6. The molecular weight excluding hydrogens is 342 g/mol. The maximum atomic E-state index is 12.5. The Morgan fingerprint density at radius 2 is 1.84 bits per heavy atom. The molecule has 2 rings (SSSR count). The number of hydrogen-bond donors (Lipinski definition) is 0. The molecule has 1 heterocycles. The van der Waals surface area contributed by atoms with Crippen molar-refractivity contribution >= 4 is 35.0 Å². The fraction of sp³-hybridized carbons (Fsp3) is 0.389. The first kappa shape index (κ1) is 19.1. The smallest absolute Gasteiger partial charge is 0.329 e. The van der Waals surface area contributed by atoms with Crippen LogP contribution in [-0.4, -0.2) is 40.8 Å². The number of imide groups is 1. The van der Waals surface area contributed by atoms with Crippen LogP contribution in [0.4, 0.5) is 4.79 Å². The highest BCUT2D eigenvalue weighted by Crippen LogP contribution is 2.34. The minimum atomic E-state index is -0.944. The Morgan fingerprint density at radius 3 is 2.40 bits per heavy atom. The minimum absolute atomic E-state index is 0.0757. The van der Waals surface area contributed by atoms with Crippen LogP contribution >= 0.6 is 11.8 Å². The molecule has 0 radical (unpaired) electrons. The normalized spacial score (nSPS) is 17.3. The van der Waals surface area contributed by atoms with Crippen molar-refractivity contribution < 1.29 is 23.9 Å². The van der Waals surface area contributed by atoms with E-state index in [1.807, 2.05) is 13.8 Å². The van der Waals surface area contributed by atoms with E-state index in [4.69, 9.17) is 9.47 Å². The van der Waals surface area contributed by atoms with Crippen molar-refractivity contribution in [3.8, 4) is 5.75 Å². The molecule has 7 heteroatoms. The Kier molecular flexibility index (Phi) is 6.25. The van der Waals surface area contributed by atoms with Crippen LogP contribution in [0.1, 0.15) is 33.3 Å². The molecule has 2 amide bonds. The van der Waals surface area contributed by atoms with Crippen LogP contribution in [0.2, 0.25) is 0 Å². The second-order valence-corrected chi connectivity index (χ2v) is 6.71. The summed E-state index contributed by atoms with van der Waals surface area (Å²) in [6.07, 6.45) is 1.70. The quantitative estimate of drug-likeness (QED) is 0.569. The third kappa shape index (κ3) is 4.63. The lowest BCUT2D eigenvalue weighted by atomic mass is 10.2. The number of thioether (sulfide) groups is 1. The highest BCUT2D eigenvalue weighted by atomic mass is 32.2. The van der Waals surface area contributed by atoms with Crippen LogP contribution in [0.25, 0.3) is 6.08 Å². The second kappa shape index (κ2) is 8.20. The van der Waals surface area contributed by atoms with Crippen molar-refractivity contribution in [2.45, 2.75) is 39.8 Å². The summed E-state index contributed by atoms with van der Waals surface area (Å²) in [5, 5.41) is -0.475. The van der Waals surface area contributed by atoms with Gasteiger partial charge in [-0.25, -0.2) is 4.79 Å². The molecule has 1 aromatic carbocycles. The summed E-state index contributed by atoms with van der Waals surface area (Å²) in [5.41, 5.74) is 0.769. The molecule has 6 nitrogen and oxygen atoms in total. The summed E-state index contributed by atoms with van der Waals surface area (Å²) in [7, 11) is 0. The van der Waals surface area contributed by atoms with Crippen LogP contribution < -0.4 is 4.74 Å². The van der Waals surface area contributed by atoms with Gasteiger partial charge in [0.05, 0.1) is 17.6 Å². The number of benzene rings is 1. The van der Waals surface area contributed by atoms with Gasteiger partial charge in [-0.05, 0) is 63.2 Å². The summed E-state index contributed by atoms with van der Waals surface area (Å²) in [6.45, 7) is 7.23. The topological polar surface area (TPSA) is 72.9 Å². The number of esters is 1. The van der Waals surface area contributed by atoms with Crippen LogP contribution in [0.3, 0.4) is 0 Å². The molecule has 0 saturated carbocycles. The van der Waals surface area contributed by atoms with Gasteiger partial charge < -0.3 is 9.47 Å². The number of carbonyl (C=O) groups excluding carboxylic acids is 3. The maximum Gasteiger partial charge on any atom is 0.329 e. The van der Waals surface area contributed by atoms with E-state index >= 15 is 0 Å². The second-order valence-electron chi connectivity index (χ2n) is 5.72. The molecule has 1 fully saturated rings. The number of ether oxygens (including phenoxy) is 2. The minimum Gasteiger partial charge on any atom is -0.491 e. The van der Waals surface area contributed by atoms with Crippen molar-refractivity contribution in [1.29, 1.82) is 0 Å². The molecule has 1 aromatic rings. The molecule has 0 aromatic heterocycles. The summed E-state index contributed by atoms with van der Waals surface area (Å²) in [4.78, 5) is 37.6. The average Bonchev–Trinajstić information content (AvgIpc) is 2.82. The van der Waals surface area contributed by atoms with Gasteiger partial charge >= 0.3 is 5.97 Å². The molecule has 25 heavy (non-hydrogen) atoms. The molecule has 0 bridgehead atoms. The Hall–Kier alpha value is -2.28. The zero-order chi connectivity index (χ0) is 18.6. The van der Waals surface area contributed by atoms with E-state index in [9.17, 15) is 14.4 Å². The molecule has 1 aliphatic rings. The van der Waals surface area contributed by atoms with Gasteiger partial charge in [0.15, 0.2) is 0 Å². The van der Waals surface area contributed by atoms with E-state index in [1.165, 1.54) is 6.92 Å². The fourth-order valence-corrected chi connectivity index (χ4v) is 3.16. The Morgan fingerprint density at radius 1 is 1.20 bits per heavy atom. The molecule has 1 aliphatic heterocycles. The summed E-state index contributed by atoms with van der Waals surface area (Å²) in [6, 6.07) is 6.27. The van der Waals surface area contributed by atoms with Gasteiger partial charge in [0.2, 0.25) is 0 Å². The maximum absolute atomic E-state index is 12.5. The third-order valence-electron chi connectivity index (χ3n) is 3.39. The van der Waals surface area contributed by atoms with Crippen molar-refractivity contribution in [2.75, 3.05) is 6.61 Å². The SMILES string of the molecule is CCOC(=O)[C@@H](C)N1C(=O)S/C(=C/c2ccc(OC(C)C)cc2)C1=O. The highest BCUT2D eigenvalue weighted by Gasteiger charge is 2.41. The van der Waals surface area contributed by atoms with Gasteiger partial charge in [0.1, 0.15) is 11.8 Å². The monoisotopic (exact) mass is 363 g/mol. The molecule has 0 unspecified atom stereocenters. The zero-order valence-corrected chi connectivity index (χ0v) is 15.5. The molecule has 134 valence electrons. The van der Waals surface area contributed by atoms with Gasteiger partial charge in [-0.2, -0.15) is 0 Å². The van der Waals surface area contributed by atoms with E-state index in [2.05, 4.69) is 0 Å². The van der Waals surface area contributed by atoms with E-state index in [-0.39, 0.29) is 17.6 Å². The first-order chi connectivity index (χ1) is 11.8. The molecule has 1 saturated heterocycles. The van der Waals surface area contributed by atoms with Crippen LogP contribution in [-0.2, 0) is 14.3 Å². The fourth-order valence-electron chi connectivity index (χ4n) is 2.25. The highest BCUT2D eigenvalue weighted by molar-refractivity contribution is 8.18. The Bertz CT molecular complexity index is 696. The molecule has 0 N–H and O–H groups in total. The summed E-state index contributed by atoms with van der Waals surface area (Å²) in [5.74, 6) is -0.351. The standard InChI is InChI=1S/C18H21NO5S/c1-5-23-17(21)12(4)19-16(20)15(25-18(19)22)10-13-6-8-14(9-7-13)24-11(2)3/h6-12H,5H2,1-4H3/b15-10+/t12-/m1/s1. The van der Waals surface area contributed by atoms with Crippen molar-refractivity contribution in [3.63, 3.8) is 0 Å². The van der Waals surface area contributed by atoms with Crippen LogP contribution in [0, 0.1) is 0 Å². The zero-order valence-electron chi connectivity index (χ0n) is 14.6. The Balaban J connectivity index is 2.15. The predicted octanol–water partition coefficient (Wildman–Crippen LogP) is 3.46. The largest absolute Gasteiger partial charge is 0.491 e. The first-order valence-electron chi connectivity index (χ1n) is 8.04. The summed E-state index contributed by atoms with van der Waals surface area (Å²) < 4.78 is 10.5. The van der Waals surface area contributed by atoms with E-state index < -0.39 is 23.2 Å². The lowest BCUT2D eigenvalue weighted by Gasteiger charge is -2.19. The Labute approximate surface area is 151 Å². The molecule has 0 aliphatic carbocycles. The van der Waals surface area contributed by atoms with Crippen molar-refractivity contribution in [1.82, 2.24) is 4.90 Å². The van der Waals surface area contributed by atoms with Gasteiger partial charge in [0, 0.05) is 0 Å². The first-order valence-corrected chi connectivity index (χ1v) is 8.85. The van der Waals surface area contributed by atoms with E-state index in [0.717, 1.165) is 28.0 Å². The summed E-state index contributed by atoms with van der Waals surface area (Å²) >= 11 is 0.815. The number of hydrogen-bond acceptors (Lipinski definition) is 6. The van der Waals surface area contributed by atoms with Gasteiger partial charge in [-0.1, -0.05) is 12.1 Å². The number of nitrogens with zero attached hydrogens (tertiary/aromatic N) is 1. The molecular formula is C18H21NO5S. The van der Waals surface area contributed by atoms with E-state index in [1.54, 1.807) is 37.3 Å². The number of amides is 2. The lowest BCUT2D eigenvalue weighted by Crippen LogP contribution is -2.42. The molecule has 1 atom stereocenters. The third-order valence-corrected chi connectivity index (χ3v) is 4.27. The van der Waals surface area contributed by atoms with Gasteiger partial charge in [-0.15, -0.1) is 0 Å². The molecule has 0 spiro atoms. The number of carbonyl (C=O) groups is 3. The van der Waals surface area contributed by atoms with E-state index in [0.29, 0.717) is 0 Å². The van der Waals surface area contributed by atoms with Gasteiger partial charge in [-0.3, -0.25) is 14.5 Å². The van der Waals surface area contributed by atoms with Crippen LogP contribution in [0.5, 0.6) is 5.75 Å². The van der Waals surface area contributed by atoms with Gasteiger partial charge in [0.25, 0.3) is 11.1 Å². The van der Waals surface area contributed by atoms with Crippen molar-refractivity contribution in [2.24, 2.45) is 0 Å². The van der Waals surface area contributed by atoms with Crippen molar-refractivity contribution in [3.05, 3.63) is 34.7 Å². The lowest BCUT2D eigenvalue weighted by molar-refractivity contribution is -0.150.